The number of hydrogen-bond acceptors (Lipinski definition) is 5. The highest BCUT2D eigenvalue weighted by molar-refractivity contribution is 6.01. The largest absolute Gasteiger partial charge is 0.493 e. The zero-order chi connectivity index (χ0) is 15.4. The number of amides is 1. The molecule has 1 aromatic carbocycles. The second-order valence-corrected chi connectivity index (χ2v) is 4.85. The van der Waals surface area contributed by atoms with E-state index in [1.165, 1.54) is 14.2 Å². The maximum Gasteiger partial charge on any atom is 0.255 e. The predicted molar refractivity (Wildman–Crippen MR) is 76.9 cm³/mol. The summed E-state index contributed by atoms with van der Waals surface area (Å²) in [6, 6.07) is 4.56. The molecule has 0 radical (unpaired) electrons. The fourth-order valence-corrected chi connectivity index (χ4v) is 2.21. The molecule has 1 aliphatic rings. The lowest BCUT2D eigenvalue weighted by Gasteiger charge is -2.18. The third-order valence-corrected chi connectivity index (χ3v) is 3.46. The molecule has 0 saturated heterocycles. The van der Waals surface area contributed by atoms with Crippen molar-refractivity contribution in [3.8, 4) is 11.5 Å². The molecule has 1 unspecified atom stereocenters. The van der Waals surface area contributed by atoms with E-state index in [1.807, 2.05) is 0 Å². The Morgan fingerprint density at radius 1 is 1.43 bits per heavy atom. The molecule has 2 rings (SSSR count). The van der Waals surface area contributed by atoms with Crippen LogP contribution >= 0.6 is 0 Å². The molecule has 1 aliphatic carbocycles. The number of hydrogen-bond donors (Lipinski definition) is 3. The molecule has 7 nitrogen and oxygen atoms in total. The number of methoxy groups -OCH3 is 2. The van der Waals surface area contributed by atoms with Crippen molar-refractivity contribution in [2.45, 2.75) is 18.9 Å². The highest BCUT2D eigenvalue weighted by atomic mass is 16.5. The predicted octanol–water partition coefficient (Wildman–Crippen LogP) is 0.959. The minimum atomic E-state index is -0.474. The van der Waals surface area contributed by atoms with Crippen molar-refractivity contribution >= 4 is 11.7 Å². The number of nitrogens with zero attached hydrogens (tertiary/aromatic N) is 1. The molecular formula is C14H19N3O4. The van der Waals surface area contributed by atoms with Gasteiger partial charge in [0.1, 0.15) is 0 Å². The zero-order valence-electron chi connectivity index (χ0n) is 12.0. The Kier molecular flexibility index (Phi) is 4.52. The molecule has 114 valence electrons. The molecule has 7 heteroatoms. The fourth-order valence-electron chi connectivity index (χ4n) is 2.21. The first kappa shape index (κ1) is 15.0. The van der Waals surface area contributed by atoms with E-state index < -0.39 is 6.04 Å². The Hall–Kier alpha value is -2.44. The molecule has 4 N–H and O–H groups in total. The normalized spacial score (nSPS) is 16.2. The van der Waals surface area contributed by atoms with Gasteiger partial charge in [-0.2, -0.15) is 0 Å². The number of nitrogens with two attached hydrogens (primary N) is 1. The fraction of sp³-hybridized carbons (Fsp3) is 0.429. The van der Waals surface area contributed by atoms with Crippen molar-refractivity contribution in [3.63, 3.8) is 0 Å². The van der Waals surface area contributed by atoms with Gasteiger partial charge in [0.05, 0.1) is 25.8 Å². The van der Waals surface area contributed by atoms with Gasteiger partial charge in [0.2, 0.25) is 0 Å². The molecule has 1 fully saturated rings. The van der Waals surface area contributed by atoms with Gasteiger partial charge in [-0.3, -0.25) is 4.79 Å². The van der Waals surface area contributed by atoms with Gasteiger partial charge in [0.25, 0.3) is 5.91 Å². The van der Waals surface area contributed by atoms with Crippen LogP contribution in [0.5, 0.6) is 11.5 Å². The average Bonchev–Trinajstić information content (AvgIpc) is 3.35. The van der Waals surface area contributed by atoms with E-state index in [1.54, 1.807) is 18.2 Å². The van der Waals surface area contributed by atoms with Crippen molar-refractivity contribution in [2.75, 3.05) is 14.2 Å². The molecule has 1 amide bonds. The maximum absolute atomic E-state index is 12.4. The molecule has 21 heavy (non-hydrogen) atoms. The monoisotopic (exact) mass is 293 g/mol. The number of nitrogens with one attached hydrogen (secondary N) is 1. The molecule has 0 bridgehead atoms. The van der Waals surface area contributed by atoms with Crippen LogP contribution in [0.25, 0.3) is 0 Å². The van der Waals surface area contributed by atoms with E-state index in [0.717, 1.165) is 12.8 Å². The van der Waals surface area contributed by atoms with Crippen molar-refractivity contribution in [1.29, 1.82) is 0 Å². The summed E-state index contributed by atoms with van der Waals surface area (Å²) in [5.74, 6) is 0.687. The molecule has 0 spiro atoms. The first-order valence-corrected chi connectivity index (χ1v) is 6.61. The van der Waals surface area contributed by atoms with Crippen LogP contribution in [0.1, 0.15) is 23.2 Å². The minimum absolute atomic E-state index is 0.00714. The van der Waals surface area contributed by atoms with E-state index in [4.69, 9.17) is 20.4 Å². The highest BCUT2D eigenvalue weighted by Gasteiger charge is 2.36. The number of oxime groups is 1. The van der Waals surface area contributed by atoms with Gasteiger partial charge < -0.3 is 25.7 Å². The van der Waals surface area contributed by atoms with Gasteiger partial charge in [-0.05, 0) is 30.9 Å². The summed E-state index contributed by atoms with van der Waals surface area (Å²) < 4.78 is 10.4. The lowest BCUT2D eigenvalue weighted by molar-refractivity contribution is 0.0939. The van der Waals surface area contributed by atoms with Gasteiger partial charge in [-0.15, -0.1) is 0 Å². The van der Waals surface area contributed by atoms with Crippen molar-refractivity contribution < 1.29 is 19.5 Å². The van der Waals surface area contributed by atoms with E-state index in [9.17, 15) is 4.79 Å². The Labute approximate surface area is 122 Å². The highest BCUT2D eigenvalue weighted by Crippen LogP contribution is 2.34. The Morgan fingerprint density at radius 2 is 2.14 bits per heavy atom. The van der Waals surface area contributed by atoms with Crippen LogP contribution in [-0.2, 0) is 0 Å². The van der Waals surface area contributed by atoms with Crippen LogP contribution in [0.4, 0.5) is 0 Å². The van der Waals surface area contributed by atoms with Crippen LogP contribution in [0.2, 0.25) is 0 Å². The van der Waals surface area contributed by atoms with Gasteiger partial charge >= 0.3 is 0 Å². The first-order valence-electron chi connectivity index (χ1n) is 6.61. The molecule has 1 atom stereocenters. The van der Waals surface area contributed by atoms with Gasteiger partial charge in [-0.1, -0.05) is 11.2 Å². The number of para-hydroxylation sites is 1. The summed E-state index contributed by atoms with van der Waals surface area (Å²) in [4.78, 5) is 12.4. The molecule has 0 heterocycles. The van der Waals surface area contributed by atoms with Crippen LogP contribution < -0.4 is 20.5 Å². The van der Waals surface area contributed by atoms with E-state index in [-0.39, 0.29) is 17.7 Å². The van der Waals surface area contributed by atoms with Crippen LogP contribution in [0.3, 0.4) is 0 Å². The molecular weight excluding hydrogens is 274 g/mol. The Balaban J connectivity index is 2.23. The average molecular weight is 293 g/mol. The summed E-state index contributed by atoms with van der Waals surface area (Å²) in [6.45, 7) is 0. The first-order chi connectivity index (χ1) is 10.1. The number of benzene rings is 1. The lowest BCUT2D eigenvalue weighted by atomic mass is 10.1. The van der Waals surface area contributed by atoms with Crippen molar-refractivity contribution in [1.82, 2.24) is 5.32 Å². The van der Waals surface area contributed by atoms with Crippen LogP contribution in [0, 0.1) is 5.92 Å². The molecule has 0 aliphatic heterocycles. The zero-order valence-corrected chi connectivity index (χ0v) is 12.0. The summed E-state index contributed by atoms with van der Waals surface area (Å²) >= 11 is 0. The van der Waals surface area contributed by atoms with E-state index in [0.29, 0.717) is 17.1 Å². The van der Waals surface area contributed by atoms with Crippen LogP contribution in [-0.4, -0.2) is 37.2 Å². The third kappa shape index (κ3) is 3.18. The summed E-state index contributed by atoms with van der Waals surface area (Å²) in [6.07, 6.45) is 1.88. The molecule has 1 saturated carbocycles. The lowest BCUT2D eigenvalue weighted by Crippen LogP contribution is -2.46. The number of carbonyl (C=O) groups is 1. The van der Waals surface area contributed by atoms with Gasteiger partial charge in [-0.25, -0.2) is 0 Å². The molecule has 0 aromatic heterocycles. The van der Waals surface area contributed by atoms with Crippen LogP contribution in [0.15, 0.2) is 23.4 Å². The SMILES string of the molecule is COc1cccc(C(=O)NC(C(N)=NO)C2CC2)c1OC. The second kappa shape index (κ2) is 6.34. The summed E-state index contributed by atoms with van der Waals surface area (Å²) in [7, 11) is 2.97. The Morgan fingerprint density at radius 3 is 2.67 bits per heavy atom. The van der Waals surface area contributed by atoms with Gasteiger partial charge in [0, 0.05) is 0 Å². The van der Waals surface area contributed by atoms with E-state index in [2.05, 4.69) is 10.5 Å². The quantitative estimate of drug-likeness (QED) is 0.313. The van der Waals surface area contributed by atoms with E-state index >= 15 is 0 Å². The second-order valence-electron chi connectivity index (χ2n) is 4.85. The maximum atomic E-state index is 12.4. The summed E-state index contributed by atoms with van der Waals surface area (Å²) in [5.41, 5.74) is 5.98. The van der Waals surface area contributed by atoms with Crippen molar-refractivity contribution in [2.24, 2.45) is 16.8 Å². The van der Waals surface area contributed by atoms with Crippen molar-refractivity contribution in [3.05, 3.63) is 23.8 Å². The number of ether oxygens (including phenoxy) is 2. The Bertz CT molecular complexity index is 555. The number of rotatable bonds is 6. The topological polar surface area (TPSA) is 106 Å². The third-order valence-electron chi connectivity index (χ3n) is 3.46. The smallest absolute Gasteiger partial charge is 0.255 e. The number of carbonyl (C=O) groups excluding carboxylic acids is 1. The summed E-state index contributed by atoms with van der Waals surface area (Å²) in [5, 5.41) is 14.6. The standard InChI is InChI=1S/C14H19N3O4/c1-20-10-5-3-4-9(12(10)21-2)14(18)16-11(8-6-7-8)13(15)17-19/h3-5,8,11,19H,6-7H2,1-2H3,(H2,15,17)(H,16,18). The van der Waals surface area contributed by atoms with Gasteiger partial charge in [0.15, 0.2) is 17.3 Å². The number of amidine groups is 1. The molecule has 1 aromatic rings. The minimum Gasteiger partial charge on any atom is -0.493 e.